The molecule has 4 bridgehead atoms. The van der Waals surface area contributed by atoms with Crippen molar-refractivity contribution in [1.29, 1.82) is 0 Å². The Morgan fingerprint density at radius 1 is 1.26 bits per heavy atom. The Bertz CT molecular complexity index is 714. The van der Waals surface area contributed by atoms with Crippen LogP contribution in [0.4, 0.5) is 5.82 Å². The molecule has 4 fully saturated rings. The highest BCUT2D eigenvalue weighted by Gasteiger charge is 2.53. The van der Waals surface area contributed by atoms with Crippen molar-refractivity contribution in [1.82, 2.24) is 14.9 Å². The van der Waals surface area contributed by atoms with Crippen LogP contribution in [0.1, 0.15) is 56.7 Å². The third kappa shape index (κ3) is 3.02. The lowest BCUT2D eigenvalue weighted by Crippen LogP contribution is -2.53. The SMILES string of the molecule is CC(=O)N1CCc2c(ncnc2NCC(O)C23CC4CC(CC(C4)C2)C3)C1. The molecule has 2 heterocycles. The summed E-state index contributed by atoms with van der Waals surface area (Å²) in [5, 5.41) is 14.6. The second-order valence-electron chi connectivity index (χ2n) is 9.51. The van der Waals surface area contributed by atoms with Crippen molar-refractivity contribution in [3.63, 3.8) is 0 Å². The third-order valence-electron chi connectivity index (χ3n) is 7.71. The molecule has 1 aromatic heterocycles. The average Bonchev–Trinajstić information content (AvgIpc) is 2.64. The fraction of sp³-hybridized carbons (Fsp3) is 0.762. The molecular formula is C21H30N4O2. The summed E-state index contributed by atoms with van der Waals surface area (Å²) in [4.78, 5) is 22.3. The third-order valence-corrected chi connectivity index (χ3v) is 7.71. The molecule has 0 saturated heterocycles. The maximum atomic E-state index is 11.6. The highest BCUT2D eigenvalue weighted by Crippen LogP contribution is 2.61. The minimum Gasteiger partial charge on any atom is -0.391 e. The summed E-state index contributed by atoms with van der Waals surface area (Å²) in [6.07, 6.45) is 9.83. The van der Waals surface area contributed by atoms with E-state index in [1.807, 2.05) is 4.90 Å². The number of rotatable bonds is 4. The van der Waals surface area contributed by atoms with Gasteiger partial charge in [-0.25, -0.2) is 9.97 Å². The molecule has 1 aromatic rings. The van der Waals surface area contributed by atoms with Crippen molar-refractivity contribution in [2.45, 2.75) is 64.5 Å². The minimum atomic E-state index is -0.311. The average molecular weight is 370 g/mol. The largest absolute Gasteiger partial charge is 0.391 e. The van der Waals surface area contributed by atoms with Gasteiger partial charge in [0.15, 0.2) is 0 Å². The molecule has 5 aliphatic rings. The van der Waals surface area contributed by atoms with E-state index < -0.39 is 0 Å². The van der Waals surface area contributed by atoms with Crippen LogP contribution in [0.15, 0.2) is 6.33 Å². The second-order valence-corrected chi connectivity index (χ2v) is 9.51. The van der Waals surface area contributed by atoms with Crippen molar-refractivity contribution in [2.75, 3.05) is 18.4 Å². The number of carbonyl (C=O) groups excluding carboxylic acids is 1. The molecule has 6 rings (SSSR count). The summed E-state index contributed by atoms with van der Waals surface area (Å²) in [6.45, 7) is 3.43. The molecule has 1 aliphatic heterocycles. The maximum Gasteiger partial charge on any atom is 0.219 e. The minimum absolute atomic E-state index is 0.0889. The smallest absolute Gasteiger partial charge is 0.219 e. The van der Waals surface area contributed by atoms with Gasteiger partial charge in [-0.1, -0.05) is 0 Å². The molecule has 1 unspecified atom stereocenters. The molecule has 4 aliphatic carbocycles. The van der Waals surface area contributed by atoms with Gasteiger partial charge in [0.2, 0.25) is 5.91 Å². The Morgan fingerprint density at radius 3 is 2.56 bits per heavy atom. The lowest BCUT2D eigenvalue weighted by atomic mass is 9.48. The molecule has 1 atom stereocenters. The zero-order valence-corrected chi connectivity index (χ0v) is 16.2. The monoisotopic (exact) mass is 370 g/mol. The number of fused-ring (bicyclic) bond motifs is 1. The number of aliphatic hydroxyl groups is 1. The van der Waals surface area contributed by atoms with Crippen molar-refractivity contribution in [3.05, 3.63) is 17.6 Å². The normalized spacial score (nSPS) is 35.0. The summed E-state index contributed by atoms with van der Waals surface area (Å²) < 4.78 is 0. The lowest BCUT2D eigenvalue weighted by Gasteiger charge is -2.58. The summed E-state index contributed by atoms with van der Waals surface area (Å²) >= 11 is 0. The standard InChI is InChI=1S/C21H30N4O2/c1-13(26)25-3-2-17-18(11-25)23-12-24-20(17)22-10-19(27)21-7-14-4-15(8-21)6-16(5-14)9-21/h12,14-16,19,27H,2-11H2,1H3,(H,22,23,24). The van der Waals surface area contributed by atoms with Crippen molar-refractivity contribution in [3.8, 4) is 0 Å². The summed E-state index contributed by atoms with van der Waals surface area (Å²) in [7, 11) is 0. The van der Waals surface area contributed by atoms with Gasteiger partial charge in [-0.3, -0.25) is 4.79 Å². The number of aliphatic hydroxyl groups excluding tert-OH is 1. The van der Waals surface area contributed by atoms with Gasteiger partial charge in [-0.15, -0.1) is 0 Å². The first kappa shape index (κ1) is 17.4. The van der Waals surface area contributed by atoms with E-state index in [-0.39, 0.29) is 17.4 Å². The van der Waals surface area contributed by atoms with E-state index >= 15 is 0 Å². The number of nitrogens with zero attached hydrogens (tertiary/aromatic N) is 3. The van der Waals surface area contributed by atoms with Gasteiger partial charge in [0.25, 0.3) is 0 Å². The number of hydrogen-bond acceptors (Lipinski definition) is 5. The molecule has 6 heteroatoms. The van der Waals surface area contributed by atoms with Gasteiger partial charge >= 0.3 is 0 Å². The first-order valence-electron chi connectivity index (χ1n) is 10.5. The van der Waals surface area contributed by atoms with E-state index in [1.54, 1.807) is 13.3 Å². The Kier molecular flexibility index (Phi) is 4.15. The number of nitrogens with one attached hydrogen (secondary N) is 1. The Morgan fingerprint density at radius 2 is 1.93 bits per heavy atom. The van der Waals surface area contributed by atoms with Gasteiger partial charge in [0.05, 0.1) is 18.3 Å². The molecule has 1 amide bonds. The molecule has 146 valence electrons. The van der Waals surface area contributed by atoms with Crippen LogP contribution >= 0.6 is 0 Å². The van der Waals surface area contributed by atoms with Crippen LogP contribution in [-0.4, -0.2) is 45.1 Å². The molecule has 27 heavy (non-hydrogen) atoms. The summed E-state index contributed by atoms with van der Waals surface area (Å²) in [6, 6.07) is 0. The summed E-state index contributed by atoms with van der Waals surface area (Å²) in [5.41, 5.74) is 2.16. The van der Waals surface area contributed by atoms with E-state index in [1.165, 1.54) is 38.5 Å². The predicted molar refractivity (Wildman–Crippen MR) is 102 cm³/mol. The molecule has 0 spiro atoms. The van der Waals surface area contributed by atoms with E-state index in [4.69, 9.17) is 0 Å². The van der Waals surface area contributed by atoms with Crippen LogP contribution in [0.3, 0.4) is 0 Å². The van der Waals surface area contributed by atoms with Gasteiger partial charge in [0.1, 0.15) is 12.1 Å². The van der Waals surface area contributed by atoms with E-state index in [2.05, 4.69) is 15.3 Å². The molecular weight excluding hydrogens is 340 g/mol. The number of anilines is 1. The quantitative estimate of drug-likeness (QED) is 0.851. The van der Waals surface area contributed by atoms with Crippen LogP contribution in [0, 0.1) is 23.2 Å². The van der Waals surface area contributed by atoms with Crippen LogP contribution in [0.5, 0.6) is 0 Å². The van der Waals surface area contributed by atoms with E-state index in [0.717, 1.165) is 41.2 Å². The van der Waals surface area contributed by atoms with Crippen LogP contribution in [0.2, 0.25) is 0 Å². The topological polar surface area (TPSA) is 78.4 Å². The Labute approximate surface area is 160 Å². The van der Waals surface area contributed by atoms with Gasteiger partial charge in [-0.2, -0.15) is 0 Å². The summed E-state index contributed by atoms with van der Waals surface area (Å²) in [5.74, 6) is 3.46. The highest BCUT2D eigenvalue weighted by atomic mass is 16.3. The lowest BCUT2D eigenvalue weighted by molar-refractivity contribution is -0.129. The Balaban J connectivity index is 1.28. The highest BCUT2D eigenvalue weighted by molar-refractivity contribution is 5.73. The number of hydrogen-bond donors (Lipinski definition) is 2. The zero-order valence-electron chi connectivity index (χ0n) is 16.2. The predicted octanol–water partition coefficient (Wildman–Crippen LogP) is 2.37. The first-order chi connectivity index (χ1) is 13.0. The fourth-order valence-corrected chi connectivity index (χ4v) is 6.77. The number of aromatic nitrogens is 2. The van der Waals surface area contributed by atoms with Crippen molar-refractivity contribution >= 4 is 11.7 Å². The first-order valence-corrected chi connectivity index (χ1v) is 10.5. The maximum absolute atomic E-state index is 11.6. The van der Waals surface area contributed by atoms with Crippen molar-refractivity contribution in [2.24, 2.45) is 23.2 Å². The molecule has 6 nitrogen and oxygen atoms in total. The van der Waals surface area contributed by atoms with Crippen molar-refractivity contribution < 1.29 is 9.90 Å². The fourth-order valence-electron chi connectivity index (χ4n) is 6.77. The van der Waals surface area contributed by atoms with Crippen LogP contribution in [-0.2, 0) is 17.8 Å². The molecule has 2 N–H and O–H groups in total. The van der Waals surface area contributed by atoms with Crippen LogP contribution < -0.4 is 5.32 Å². The second kappa shape index (κ2) is 6.43. The molecule has 0 radical (unpaired) electrons. The Hall–Kier alpha value is -1.69. The van der Waals surface area contributed by atoms with E-state index in [0.29, 0.717) is 19.6 Å². The number of carbonyl (C=O) groups is 1. The molecule has 4 saturated carbocycles. The van der Waals surface area contributed by atoms with Gasteiger partial charge in [-0.05, 0) is 68.1 Å². The van der Waals surface area contributed by atoms with E-state index in [9.17, 15) is 9.90 Å². The zero-order chi connectivity index (χ0) is 18.6. The van der Waals surface area contributed by atoms with Gasteiger partial charge in [0, 0.05) is 25.6 Å². The number of amides is 1. The van der Waals surface area contributed by atoms with Gasteiger partial charge < -0.3 is 15.3 Å². The van der Waals surface area contributed by atoms with Crippen LogP contribution in [0.25, 0.3) is 0 Å². The molecule has 0 aromatic carbocycles.